The van der Waals surface area contributed by atoms with E-state index in [0.29, 0.717) is 44.8 Å². The summed E-state index contributed by atoms with van der Waals surface area (Å²) in [5, 5.41) is 16.9. The quantitative estimate of drug-likeness (QED) is 0.198. The van der Waals surface area contributed by atoms with Gasteiger partial charge in [0.25, 0.3) is 0 Å². The molecule has 12 nitrogen and oxygen atoms in total. The van der Waals surface area contributed by atoms with Crippen LogP contribution < -0.4 is 9.47 Å². The number of likely N-dealkylation sites (N-methyl/N-ethyl adjacent to an activating group) is 1. The second-order valence-corrected chi connectivity index (χ2v) is 15.3. The minimum absolute atomic E-state index is 0.160. The molecular weight excluding hydrogens is 715 g/mol. The number of fused-ring (bicyclic) bond motifs is 4. The maximum absolute atomic E-state index is 14.4. The molecule has 4 aromatic heterocycles. The molecule has 6 aromatic rings. The van der Waals surface area contributed by atoms with Gasteiger partial charge in [-0.1, -0.05) is 6.08 Å². The zero-order valence-corrected chi connectivity index (χ0v) is 31.9. The number of benzene rings is 2. The fourth-order valence-electron chi connectivity index (χ4n) is 8.62. The highest BCUT2D eigenvalue weighted by molar-refractivity contribution is 5.76. The number of halogens is 2. The van der Waals surface area contributed by atoms with Crippen molar-refractivity contribution >= 4 is 16.9 Å². The molecule has 14 heteroatoms. The Kier molecular flexibility index (Phi) is 10.2. The van der Waals surface area contributed by atoms with Crippen molar-refractivity contribution < 1.29 is 18.3 Å². The van der Waals surface area contributed by atoms with Crippen molar-refractivity contribution in [3.05, 3.63) is 112 Å². The van der Waals surface area contributed by atoms with Crippen molar-refractivity contribution in [2.75, 3.05) is 53.5 Å². The SMILES string of the molecule is CN1CC=C(c2cnc(CCc3c(F)ccc4c3CCO4)n3cnnc23)CC1.CN1CCC(c2cnc(CCc3c(F)ccc4c3CCO4)n3cnnc23)CC1. The van der Waals surface area contributed by atoms with E-state index in [1.807, 2.05) is 21.2 Å². The van der Waals surface area contributed by atoms with Gasteiger partial charge in [0.15, 0.2) is 11.3 Å². The molecular formula is C42H46F2N10O2. The highest BCUT2D eigenvalue weighted by Crippen LogP contribution is 2.34. The van der Waals surface area contributed by atoms with Crippen molar-refractivity contribution in [2.24, 2.45) is 0 Å². The van der Waals surface area contributed by atoms with Crippen LogP contribution in [0.5, 0.6) is 11.5 Å². The van der Waals surface area contributed by atoms with Gasteiger partial charge in [0.05, 0.1) is 13.2 Å². The van der Waals surface area contributed by atoms with Crippen LogP contribution in [-0.2, 0) is 38.5 Å². The van der Waals surface area contributed by atoms with Crippen LogP contribution in [0.15, 0.2) is 55.4 Å². The standard InChI is InChI=1S/C21H24FN5O.C21H22FN5O/c2*1-26-9-6-14(7-10-26)17-12-23-20(27-13-24-25-21(17)27)5-2-15-16-8-11-28-19(16)4-3-18(15)22/h3-4,12-14H,2,5-11H2,1H3;3-4,6,12-13H,2,5,7-11H2,1H3. The van der Waals surface area contributed by atoms with E-state index in [0.717, 1.165) is 121 Å². The lowest BCUT2D eigenvalue weighted by Crippen LogP contribution is -2.29. The first-order valence-corrected chi connectivity index (χ1v) is 19.7. The minimum atomic E-state index is -0.169. The number of aryl methyl sites for hydroxylation is 2. The molecule has 0 spiro atoms. The number of hydrogen-bond acceptors (Lipinski definition) is 10. The van der Waals surface area contributed by atoms with Gasteiger partial charge in [-0.15, -0.1) is 20.4 Å². The van der Waals surface area contributed by atoms with Crippen LogP contribution in [0.4, 0.5) is 8.78 Å². The van der Waals surface area contributed by atoms with Gasteiger partial charge < -0.3 is 19.3 Å². The van der Waals surface area contributed by atoms with Gasteiger partial charge in [-0.2, -0.15) is 0 Å². The van der Waals surface area contributed by atoms with Crippen LogP contribution in [-0.4, -0.2) is 102 Å². The highest BCUT2D eigenvalue weighted by Gasteiger charge is 2.25. The summed E-state index contributed by atoms with van der Waals surface area (Å²) < 4.78 is 43.9. The van der Waals surface area contributed by atoms with Gasteiger partial charge in [-0.25, -0.2) is 18.7 Å². The Labute approximate surface area is 324 Å². The lowest BCUT2D eigenvalue weighted by atomic mass is 9.91. The number of aromatic nitrogens is 8. The molecule has 290 valence electrons. The van der Waals surface area contributed by atoms with E-state index in [4.69, 9.17) is 14.5 Å². The van der Waals surface area contributed by atoms with Gasteiger partial charge in [0.2, 0.25) is 0 Å². The summed E-state index contributed by atoms with van der Waals surface area (Å²) in [6, 6.07) is 6.46. The lowest BCUT2D eigenvalue weighted by molar-refractivity contribution is 0.255. The molecule has 1 fully saturated rings. The average molecular weight is 761 g/mol. The fourth-order valence-corrected chi connectivity index (χ4v) is 8.62. The Bertz CT molecular complexity index is 2420. The van der Waals surface area contributed by atoms with Gasteiger partial charge >= 0.3 is 0 Å². The molecule has 8 heterocycles. The number of nitrogens with zero attached hydrogens (tertiary/aromatic N) is 10. The second-order valence-electron chi connectivity index (χ2n) is 15.3. The molecule has 10 rings (SSSR count). The summed E-state index contributed by atoms with van der Waals surface area (Å²) in [6.07, 6.45) is 16.7. The van der Waals surface area contributed by atoms with E-state index in [2.05, 4.69) is 55.3 Å². The number of piperidine rings is 1. The number of rotatable bonds is 8. The number of ether oxygens (including phenoxy) is 2. The Balaban J connectivity index is 0.000000146. The van der Waals surface area contributed by atoms with Crippen molar-refractivity contribution in [3.8, 4) is 11.5 Å². The first-order chi connectivity index (χ1) is 27.4. The summed E-state index contributed by atoms with van der Waals surface area (Å²) in [5.41, 5.74) is 8.67. The molecule has 0 amide bonds. The van der Waals surface area contributed by atoms with E-state index in [1.54, 1.807) is 24.8 Å². The zero-order valence-electron chi connectivity index (χ0n) is 31.9. The molecule has 0 aliphatic carbocycles. The fraction of sp³-hybridized carbons (Fsp3) is 0.429. The molecule has 0 atom stereocenters. The third-order valence-corrected chi connectivity index (χ3v) is 11.8. The molecule has 56 heavy (non-hydrogen) atoms. The summed E-state index contributed by atoms with van der Waals surface area (Å²) in [7, 11) is 4.28. The summed E-state index contributed by atoms with van der Waals surface area (Å²) in [4.78, 5) is 14.1. The summed E-state index contributed by atoms with van der Waals surface area (Å²) in [6.45, 7) is 5.39. The van der Waals surface area contributed by atoms with Crippen LogP contribution in [0.3, 0.4) is 0 Å². The number of hydrogen-bond donors (Lipinski definition) is 0. The molecule has 0 saturated carbocycles. The number of likely N-dealkylation sites (tertiary alicyclic amines) is 1. The monoisotopic (exact) mass is 760 g/mol. The lowest BCUT2D eigenvalue weighted by Gasteiger charge is -2.29. The molecule has 0 radical (unpaired) electrons. The predicted octanol–water partition coefficient (Wildman–Crippen LogP) is 5.50. The van der Waals surface area contributed by atoms with Gasteiger partial charge in [-0.05, 0) is 106 Å². The maximum Gasteiger partial charge on any atom is 0.171 e. The van der Waals surface area contributed by atoms with Crippen molar-refractivity contribution in [2.45, 2.75) is 63.7 Å². The third kappa shape index (κ3) is 7.11. The van der Waals surface area contributed by atoms with E-state index < -0.39 is 0 Å². The Hall–Kier alpha value is -5.34. The van der Waals surface area contributed by atoms with Crippen LogP contribution in [0, 0.1) is 11.6 Å². The summed E-state index contributed by atoms with van der Waals surface area (Å²) in [5.74, 6) is 3.47. The van der Waals surface area contributed by atoms with Crippen LogP contribution in [0.1, 0.15) is 70.2 Å². The third-order valence-electron chi connectivity index (χ3n) is 11.8. The average Bonchev–Trinajstić information content (AvgIpc) is 4.06. The second kappa shape index (κ2) is 15.7. The zero-order chi connectivity index (χ0) is 38.2. The predicted molar refractivity (Wildman–Crippen MR) is 207 cm³/mol. The molecule has 0 N–H and O–H groups in total. The van der Waals surface area contributed by atoms with Gasteiger partial charge in [0.1, 0.15) is 47.4 Å². The van der Waals surface area contributed by atoms with E-state index >= 15 is 0 Å². The smallest absolute Gasteiger partial charge is 0.171 e. The maximum atomic E-state index is 14.4. The van der Waals surface area contributed by atoms with E-state index in [9.17, 15) is 8.78 Å². The largest absolute Gasteiger partial charge is 0.493 e. The normalized spacial score (nSPS) is 17.3. The van der Waals surface area contributed by atoms with Crippen LogP contribution in [0.25, 0.3) is 16.9 Å². The van der Waals surface area contributed by atoms with E-state index in [1.165, 1.54) is 23.3 Å². The van der Waals surface area contributed by atoms with Gasteiger partial charge in [0, 0.05) is 73.4 Å². The minimum Gasteiger partial charge on any atom is -0.493 e. The molecule has 0 bridgehead atoms. The topological polar surface area (TPSA) is 111 Å². The Morgan fingerprint density at radius 3 is 1.88 bits per heavy atom. The van der Waals surface area contributed by atoms with Gasteiger partial charge in [-0.3, -0.25) is 8.80 Å². The summed E-state index contributed by atoms with van der Waals surface area (Å²) >= 11 is 0. The van der Waals surface area contributed by atoms with Crippen LogP contribution >= 0.6 is 0 Å². The van der Waals surface area contributed by atoms with Crippen molar-refractivity contribution in [3.63, 3.8) is 0 Å². The highest BCUT2D eigenvalue weighted by atomic mass is 19.1. The first-order valence-electron chi connectivity index (χ1n) is 19.7. The Morgan fingerprint density at radius 1 is 0.679 bits per heavy atom. The molecule has 4 aliphatic heterocycles. The van der Waals surface area contributed by atoms with Crippen LogP contribution in [0.2, 0.25) is 0 Å². The molecule has 2 aromatic carbocycles. The molecule has 4 aliphatic rings. The first kappa shape index (κ1) is 36.3. The van der Waals surface area contributed by atoms with Crippen molar-refractivity contribution in [1.29, 1.82) is 0 Å². The van der Waals surface area contributed by atoms with E-state index in [-0.39, 0.29) is 11.6 Å². The molecule has 1 saturated heterocycles. The Morgan fingerprint density at radius 2 is 1.27 bits per heavy atom. The molecule has 0 unspecified atom stereocenters. The van der Waals surface area contributed by atoms with Crippen molar-refractivity contribution in [1.82, 2.24) is 49.0 Å².